The molecule has 1 nitrogen and oxygen atoms in total. The zero-order chi connectivity index (χ0) is 8.53. The largest absolute Gasteiger partial charge is 0.254 e. The van der Waals surface area contributed by atoms with E-state index in [-0.39, 0.29) is 6.04 Å². The Hall–Kier alpha value is -0.300. The molecule has 0 aliphatic heterocycles. The molecule has 0 amide bonds. The lowest BCUT2D eigenvalue weighted by Gasteiger charge is -1.96. The van der Waals surface area contributed by atoms with Crippen molar-refractivity contribution < 1.29 is 0 Å². The lowest BCUT2D eigenvalue weighted by molar-refractivity contribution is 0.714. The molecule has 0 heterocycles. The van der Waals surface area contributed by atoms with E-state index in [0.717, 1.165) is 6.42 Å². The third-order valence-electron chi connectivity index (χ3n) is 1.63. The van der Waals surface area contributed by atoms with E-state index in [1.807, 2.05) is 6.92 Å². The van der Waals surface area contributed by atoms with Gasteiger partial charge in [-0.3, -0.25) is 5.73 Å². The van der Waals surface area contributed by atoms with E-state index in [0.29, 0.717) is 0 Å². The minimum Gasteiger partial charge on any atom is -0.254 e. The number of hydrogen-bond acceptors (Lipinski definition) is 0. The minimum atomic E-state index is 0.0671. The molecule has 1 atom stereocenters. The zero-order valence-corrected chi connectivity index (χ0v) is 7.77. The van der Waals surface area contributed by atoms with Crippen LogP contribution in [0.2, 0.25) is 0 Å². The van der Waals surface area contributed by atoms with Gasteiger partial charge < -0.3 is 0 Å². The fourth-order valence-corrected chi connectivity index (χ4v) is 0.930. The van der Waals surface area contributed by atoms with Crippen LogP contribution in [0.4, 0.5) is 0 Å². The highest BCUT2D eigenvalue weighted by Crippen LogP contribution is 2.00. The van der Waals surface area contributed by atoms with Crippen LogP contribution >= 0.6 is 0 Å². The second kappa shape index (κ2) is 7.80. The molecule has 1 heteroatoms. The van der Waals surface area contributed by atoms with Gasteiger partial charge in [-0.15, -0.1) is 0 Å². The molecule has 1 radical (unpaired) electrons. The summed E-state index contributed by atoms with van der Waals surface area (Å²) in [6.07, 6.45) is 10.4. The van der Waals surface area contributed by atoms with Gasteiger partial charge in [-0.25, -0.2) is 0 Å². The van der Waals surface area contributed by atoms with Crippen molar-refractivity contribution in [2.75, 3.05) is 0 Å². The van der Waals surface area contributed by atoms with Crippen LogP contribution in [0.25, 0.3) is 0 Å². The number of allylic oxidation sites excluding steroid dienone is 1. The maximum atomic E-state index is 7.24. The first-order chi connectivity index (χ1) is 5.27. The molecule has 65 valence electrons. The van der Waals surface area contributed by atoms with Gasteiger partial charge in [0.05, 0.1) is 0 Å². The molecule has 0 rings (SSSR count). The Morgan fingerprint density at radius 3 is 2.55 bits per heavy atom. The first-order valence-corrected chi connectivity index (χ1v) is 4.63. The number of rotatable bonds is 6. The molecule has 0 saturated heterocycles. The van der Waals surface area contributed by atoms with Gasteiger partial charge in [0, 0.05) is 6.04 Å². The van der Waals surface area contributed by atoms with Gasteiger partial charge in [-0.1, -0.05) is 31.9 Å². The van der Waals surface area contributed by atoms with Crippen molar-refractivity contribution in [3.05, 3.63) is 12.2 Å². The molecule has 1 unspecified atom stereocenters. The summed E-state index contributed by atoms with van der Waals surface area (Å²) < 4.78 is 0. The van der Waals surface area contributed by atoms with Crippen molar-refractivity contribution in [3.8, 4) is 0 Å². The molecule has 0 fully saturated rings. The van der Waals surface area contributed by atoms with Crippen molar-refractivity contribution in [2.24, 2.45) is 0 Å². The SMILES string of the molecule is CCCCCC=CCC(C)[NH]. The van der Waals surface area contributed by atoms with Gasteiger partial charge in [0.2, 0.25) is 0 Å². The Labute approximate surface area is 70.7 Å². The Morgan fingerprint density at radius 2 is 2.00 bits per heavy atom. The fourth-order valence-electron chi connectivity index (χ4n) is 0.930. The maximum absolute atomic E-state index is 7.24. The van der Waals surface area contributed by atoms with Crippen LogP contribution in [0.5, 0.6) is 0 Å². The van der Waals surface area contributed by atoms with Crippen molar-refractivity contribution in [2.45, 2.75) is 52.0 Å². The Balaban J connectivity index is 3.03. The summed E-state index contributed by atoms with van der Waals surface area (Å²) in [4.78, 5) is 0. The van der Waals surface area contributed by atoms with Gasteiger partial charge in [0.1, 0.15) is 0 Å². The summed E-state index contributed by atoms with van der Waals surface area (Å²) in [6.45, 7) is 4.14. The van der Waals surface area contributed by atoms with E-state index in [1.165, 1.54) is 25.7 Å². The lowest BCUT2D eigenvalue weighted by Crippen LogP contribution is -1.98. The quantitative estimate of drug-likeness (QED) is 0.414. The average molecular weight is 154 g/mol. The van der Waals surface area contributed by atoms with Gasteiger partial charge in [-0.2, -0.15) is 0 Å². The molecule has 11 heavy (non-hydrogen) atoms. The molecular weight excluding hydrogens is 134 g/mol. The summed E-state index contributed by atoms with van der Waals surface area (Å²) in [5.41, 5.74) is 7.24. The fraction of sp³-hybridized carbons (Fsp3) is 0.800. The maximum Gasteiger partial charge on any atom is 0.0219 e. The van der Waals surface area contributed by atoms with Crippen molar-refractivity contribution >= 4 is 0 Å². The van der Waals surface area contributed by atoms with E-state index in [2.05, 4.69) is 19.1 Å². The smallest absolute Gasteiger partial charge is 0.0219 e. The molecule has 1 N–H and O–H groups in total. The Kier molecular flexibility index (Phi) is 7.59. The average Bonchev–Trinajstić information content (AvgIpc) is 1.96. The second-order valence-electron chi connectivity index (χ2n) is 3.10. The van der Waals surface area contributed by atoms with E-state index in [9.17, 15) is 0 Å². The summed E-state index contributed by atoms with van der Waals surface area (Å²) >= 11 is 0. The molecule has 0 bridgehead atoms. The van der Waals surface area contributed by atoms with E-state index in [1.54, 1.807) is 0 Å². The predicted octanol–water partition coefficient (Wildman–Crippen LogP) is 3.18. The Morgan fingerprint density at radius 1 is 1.27 bits per heavy atom. The van der Waals surface area contributed by atoms with Crippen LogP contribution in [-0.4, -0.2) is 6.04 Å². The highest BCUT2D eigenvalue weighted by molar-refractivity contribution is 4.83. The molecule has 0 aliphatic rings. The molecule has 0 aromatic rings. The number of hydrogen-bond donors (Lipinski definition) is 0. The second-order valence-corrected chi connectivity index (χ2v) is 3.10. The highest BCUT2D eigenvalue weighted by Gasteiger charge is 1.87. The standard InChI is InChI=1S/C10H20N/c1-3-4-5-6-7-8-9-10(2)11/h7-8,10-11H,3-6,9H2,1-2H3. The van der Waals surface area contributed by atoms with Gasteiger partial charge in [0.25, 0.3) is 0 Å². The molecule has 0 spiro atoms. The van der Waals surface area contributed by atoms with E-state index in [4.69, 9.17) is 5.73 Å². The molecular formula is C10H20N. The number of unbranched alkanes of at least 4 members (excludes halogenated alkanes) is 3. The third-order valence-corrected chi connectivity index (χ3v) is 1.63. The first kappa shape index (κ1) is 10.7. The van der Waals surface area contributed by atoms with Gasteiger partial charge >= 0.3 is 0 Å². The van der Waals surface area contributed by atoms with Gasteiger partial charge in [0.15, 0.2) is 0 Å². The highest BCUT2D eigenvalue weighted by atomic mass is 14.6. The van der Waals surface area contributed by atoms with Crippen LogP contribution in [-0.2, 0) is 0 Å². The monoisotopic (exact) mass is 154 g/mol. The van der Waals surface area contributed by atoms with Crippen LogP contribution in [0, 0.1) is 0 Å². The van der Waals surface area contributed by atoms with E-state index >= 15 is 0 Å². The minimum absolute atomic E-state index is 0.0671. The van der Waals surface area contributed by atoms with Crippen molar-refractivity contribution in [1.29, 1.82) is 0 Å². The normalized spacial score (nSPS) is 14.1. The summed E-state index contributed by atoms with van der Waals surface area (Å²) in [6, 6.07) is 0.0671. The lowest BCUT2D eigenvalue weighted by atomic mass is 10.1. The Bertz CT molecular complexity index is 95.0. The van der Waals surface area contributed by atoms with E-state index < -0.39 is 0 Å². The topological polar surface area (TPSA) is 23.8 Å². The molecule has 0 aromatic heterocycles. The van der Waals surface area contributed by atoms with Crippen molar-refractivity contribution in [3.63, 3.8) is 0 Å². The van der Waals surface area contributed by atoms with Crippen LogP contribution in [0.15, 0.2) is 12.2 Å². The van der Waals surface area contributed by atoms with Gasteiger partial charge in [-0.05, 0) is 26.2 Å². The summed E-state index contributed by atoms with van der Waals surface area (Å²) in [5, 5.41) is 0. The van der Waals surface area contributed by atoms with Crippen LogP contribution in [0.1, 0.15) is 46.0 Å². The first-order valence-electron chi connectivity index (χ1n) is 4.63. The molecule has 0 aromatic carbocycles. The molecule has 0 aliphatic carbocycles. The predicted molar refractivity (Wildman–Crippen MR) is 50.5 cm³/mol. The van der Waals surface area contributed by atoms with Crippen molar-refractivity contribution in [1.82, 2.24) is 5.73 Å². The zero-order valence-electron chi connectivity index (χ0n) is 7.77. The summed E-state index contributed by atoms with van der Waals surface area (Å²) in [5.74, 6) is 0. The summed E-state index contributed by atoms with van der Waals surface area (Å²) in [7, 11) is 0. The number of nitrogens with one attached hydrogen (secondary N) is 1. The third kappa shape index (κ3) is 9.70. The molecule has 0 saturated carbocycles. The van der Waals surface area contributed by atoms with Crippen LogP contribution < -0.4 is 5.73 Å². The van der Waals surface area contributed by atoms with Crippen LogP contribution in [0.3, 0.4) is 0 Å².